The van der Waals surface area contributed by atoms with Crippen LogP contribution in [-0.2, 0) is 0 Å². The van der Waals surface area contributed by atoms with Crippen LogP contribution < -0.4 is 0 Å². The van der Waals surface area contributed by atoms with Gasteiger partial charge >= 0.3 is 38.4 Å². The van der Waals surface area contributed by atoms with Crippen LogP contribution in [0, 0.1) is 0 Å². The molecule has 5 heavy (non-hydrogen) atoms. The number of aliphatic hydroxyl groups excluding tert-OH is 1. The second-order valence-electron chi connectivity index (χ2n) is 0.827. The van der Waals surface area contributed by atoms with Crippen LogP contribution >= 0.6 is 0 Å². The number of hydrogen-bond donors (Lipinski definition) is 1. The van der Waals surface area contributed by atoms with Crippen molar-refractivity contribution < 1.29 is 5.11 Å². The Balaban J connectivity index is 2.19. The Kier molecular flexibility index (Phi) is 4.99. The van der Waals surface area contributed by atoms with Crippen LogP contribution in [0.15, 0.2) is 0 Å². The minimum absolute atomic E-state index is 0.257. The third-order valence-electron chi connectivity index (χ3n) is 0.362. The van der Waals surface area contributed by atoms with Crippen molar-refractivity contribution in [2.24, 2.45) is 0 Å². The predicted octanol–water partition coefficient (Wildman–Crippen LogP) is -0.118. The fourth-order valence-corrected chi connectivity index (χ4v) is 0.581. The van der Waals surface area contributed by atoms with Gasteiger partial charge in [-0.2, -0.15) is 0 Å². The van der Waals surface area contributed by atoms with E-state index in [1.165, 1.54) is 0 Å². The monoisotopic (exact) mass is 136 g/mol. The van der Waals surface area contributed by atoms with E-state index in [4.69, 9.17) is 5.11 Å². The predicted molar refractivity (Wildman–Crippen MR) is 24.9 cm³/mol. The van der Waals surface area contributed by atoms with E-state index >= 15 is 0 Å². The van der Waals surface area contributed by atoms with Crippen LogP contribution in [0.1, 0.15) is 0 Å². The average Bonchev–Trinajstić information content (AvgIpc) is 1.41. The molecule has 0 radical (unpaired) electrons. The van der Waals surface area contributed by atoms with Crippen molar-refractivity contribution >= 4 is 15.8 Å². The fourth-order valence-electron chi connectivity index (χ4n) is 0.112. The summed E-state index contributed by atoms with van der Waals surface area (Å²) in [6.07, 6.45) is 0. The van der Waals surface area contributed by atoms with Gasteiger partial charge in [-0.15, -0.1) is 0 Å². The molecule has 0 aromatic carbocycles. The first kappa shape index (κ1) is 5.52. The molecule has 0 aliphatic heterocycles. The Morgan fingerprint density at radius 1 is 1.80 bits per heavy atom. The van der Waals surface area contributed by atoms with Crippen LogP contribution in [-0.4, -0.2) is 27.5 Å². The van der Waals surface area contributed by atoms with E-state index in [0.29, 0.717) is 6.61 Å². The summed E-state index contributed by atoms with van der Waals surface area (Å²) >= 11 is 0.257. The molecule has 1 unspecified atom stereocenters. The first-order valence-corrected chi connectivity index (χ1v) is 5.25. The molecular formula is C3H9AsO. The van der Waals surface area contributed by atoms with Gasteiger partial charge in [-0.25, -0.2) is 0 Å². The number of rotatable bonds is 2. The Morgan fingerprint density at radius 2 is 2.40 bits per heavy atom. The SMILES string of the molecule is C[AsH]CCO. The Morgan fingerprint density at radius 3 is 2.40 bits per heavy atom. The zero-order valence-electron chi connectivity index (χ0n) is 3.36. The summed E-state index contributed by atoms with van der Waals surface area (Å²) < 4.78 is 0. The van der Waals surface area contributed by atoms with Gasteiger partial charge in [0.15, 0.2) is 0 Å². The summed E-state index contributed by atoms with van der Waals surface area (Å²) in [5, 5.41) is 9.17. The Labute approximate surface area is 39.1 Å². The van der Waals surface area contributed by atoms with Gasteiger partial charge in [-0.05, 0) is 0 Å². The standard InChI is InChI=1S/C3H9AsO/c1-4-2-3-5/h4-5H,2-3H2,1H3. The van der Waals surface area contributed by atoms with Crippen molar-refractivity contribution in [2.75, 3.05) is 6.61 Å². The summed E-state index contributed by atoms with van der Waals surface area (Å²) in [7, 11) is 0. The molecule has 1 nitrogen and oxygen atoms in total. The van der Waals surface area contributed by atoms with E-state index in [-0.39, 0.29) is 15.8 Å². The zero-order chi connectivity index (χ0) is 4.12. The molecule has 0 rings (SSSR count). The van der Waals surface area contributed by atoms with Gasteiger partial charge in [-0.1, -0.05) is 0 Å². The van der Waals surface area contributed by atoms with E-state index in [0.717, 1.165) is 5.21 Å². The van der Waals surface area contributed by atoms with Gasteiger partial charge in [0, 0.05) is 0 Å². The van der Waals surface area contributed by atoms with Gasteiger partial charge < -0.3 is 0 Å². The first-order valence-electron chi connectivity index (χ1n) is 1.67. The zero-order valence-corrected chi connectivity index (χ0v) is 5.46. The molecule has 0 amide bonds. The van der Waals surface area contributed by atoms with E-state index in [1.807, 2.05) is 0 Å². The van der Waals surface area contributed by atoms with Crippen LogP contribution in [0.5, 0.6) is 0 Å². The van der Waals surface area contributed by atoms with E-state index in [2.05, 4.69) is 5.71 Å². The molecule has 1 atom stereocenters. The Hall–Kier alpha value is 0.518. The quantitative estimate of drug-likeness (QED) is 0.525. The summed E-state index contributed by atoms with van der Waals surface area (Å²) in [6, 6.07) is 0. The summed E-state index contributed by atoms with van der Waals surface area (Å²) in [5.41, 5.74) is 2.18. The molecule has 32 valence electrons. The molecule has 0 saturated heterocycles. The van der Waals surface area contributed by atoms with Crippen molar-refractivity contribution in [2.45, 2.75) is 10.9 Å². The number of hydrogen-bond acceptors (Lipinski definition) is 1. The van der Waals surface area contributed by atoms with Gasteiger partial charge in [-0.3, -0.25) is 0 Å². The third kappa shape index (κ3) is 4.52. The van der Waals surface area contributed by atoms with Crippen LogP contribution in [0.25, 0.3) is 0 Å². The molecule has 0 aliphatic carbocycles. The first-order chi connectivity index (χ1) is 2.41. The molecule has 0 saturated carbocycles. The molecule has 0 aliphatic rings. The summed E-state index contributed by atoms with van der Waals surface area (Å²) in [6.45, 7) is 0.399. The van der Waals surface area contributed by atoms with Crippen molar-refractivity contribution in [3.8, 4) is 0 Å². The van der Waals surface area contributed by atoms with Gasteiger partial charge in [0.1, 0.15) is 0 Å². The average molecular weight is 136 g/mol. The molecule has 2 heteroatoms. The van der Waals surface area contributed by atoms with Gasteiger partial charge in [0.25, 0.3) is 0 Å². The molecule has 1 N–H and O–H groups in total. The van der Waals surface area contributed by atoms with E-state index in [9.17, 15) is 0 Å². The normalized spacial score (nSPS) is 10.8. The molecule has 0 spiro atoms. The van der Waals surface area contributed by atoms with Gasteiger partial charge in [0.05, 0.1) is 0 Å². The fraction of sp³-hybridized carbons (Fsp3) is 1.00. The van der Waals surface area contributed by atoms with Crippen LogP contribution in [0.3, 0.4) is 0 Å². The topological polar surface area (TPSA) is 20.2 Å². The minimum atomic E-state index is 0.257. The summed E-state index contributed by atoms with van der Waals surface area (Å²) in [5.74, 6) is 0. The number of aliphatic hydroxyl groups is 1. The second kappa shape index (κ2) is 4.52. The van der Waals surface area contributed by atoms with Crippen molar-refractivity contribution in [1.29, 1.82) is 0 Å². The molecule has 0 bridgehead atoms. The van der Waals surface area contributed by atoms with E-state index < -0.39 is 0 Å². The second-order valence-corrected chi connectivity index (χ2v) is 3.36. The maximum atomic E-state index is 8.10. The molecule has 0 aromatic heterocycles. The van der Waals surface area contributed by atoms with Crippen LogP contribution in [0.4, 0.5) is 0 Å². The van der Waals surface area contributed by atoms with Crippen molar-refractivity contribution in [3.05, 3.63) is 0 Å². The van der Waals surface area contributed by atoms with Crippen molar-refractivity contribution in [1.82, 2.24) is 0 Å². The molecule has 0 heterocycles. The van der Waals surface area contributed by atoms with E-state index in [1.54, 1.807) is 0 Å². The van der Waals surface area contributed by atoms with Crippen molar-refractivity contribution in [3.63, 3.8) is 0 Å². The molecule has 0 aromatic rings. The summed E-state index contributed by atoms with van der Waals surface area (Å²) in [4.78, 5) is 0. The van der Waals surface area contributed by atoms with Crippen LogP contribution in [0.2, 0.25) is 10.9 Å². The maximum absolute atomic E-state index is 8.10. The van der Waals surface area contributed by atoms with Gasteiger partial charge in [0.2, 0.25) is 0 Å². The third-order valence-corrected chi connectivity index (χ3v) is 1.88. The molecule has 0 fully saturated rings. The Bertz CT molecular complexity index is 14.4. The molecular weight excluding hydrogens is 127 g/mol.